The fourth-order valence-electron chi connectivity index (χ4n) is 2.65. The van der Waals surface area contributed by atoms with Crippen molar-refractivity contribution in [1.29, 1.82) is 0 Å². The Kier molecular flexibility index (Phi) is 5.92. The molecule has 24 heavy (non-hydrogen) atoms. The SMILES string of the molecule is CCCN1C(=O)C(NC(=O)C(=O)NCCN(C)C)c2ccccc21. The fraction of sp³-hybridized carbons (Fsp3) is 0.471. The minimum absolute atomic E-state index is 0.201. The molecule has 3 amide bonds. The van der Waals surface area contributed by atoms with Crippen molar-refractivity contribution in [3.05, 3.63) is 29.8 Å². The van der Waals surface area contributed by atoms with E-state index >= 15 is 0 Å². The summed E-state index contributed by atoms with van der Waals surface area (Å²) < 4.78 is 0. The van der Waals surface area contributed by atoms with Gasteiger partial charge in [-0.3, -0.25) is 14.4 Å². The standard InChI is InChI=1S/C17H24N4O3/c1-4-10-21-13-8-6-5-7-12(13)14(17(21)24)19-16(23)15(22)18-9-11-20(2)3/h5-8,14H,4,9-11H2,1-3H3,(H,18,22)(H,19,23). The average molecular weight is 332 g/mol. The molecule has 0 bridgehead atoms. The lowest BCUT2D eigenvalue weighted by Crippen LogP contribution is -2.45. The van der Waals surface area contributed by atoms with E-state index in [1.165, 1.54) is 0 Å². The molecule has 1 aliphatic rings. The van der Waals surface area contributed by atoms with Gasteiger partial charge in [0, 0.05) is 30.9 Å². The van der Waals surface area contributed by atoms with Gasteiger partial charge < -0.3 is 20.4 Å². The van der Waals surface area contributed by atoms with Crippen LogP contribution in [0.15, 0.2) is 24.3 Å². The van der Waals surface area contributed by atoms with Gasteiger partial charge in [-0.15, -0.1) is 0 Å². The summed E-state index contributed by atoms with van der Waals surface area (Å²) in [7, 11) is 3.76. The molecule has 0 saturated carbocycles. The lowest BCUT2D eigenvalue weighted by molar-refractivity contribution is -0.140. The Balaban J connectivity index is 2.05. The second kappa shape index (κ2) is 7.92. The van der Waals surface area contributed by atoms with Gasteiger partial charge >= 0.3 is 11.8 Å². The number of rotatable bonds is 6. The molecule has 1 heterocycles. The largest absolute Gasteiger partial charge is 0.347 e. The number of fused-ring (bicyclic) bond motifs is 1. The quantitative estimate of drug-likeness (QED) is 0.733. The molecule has 1 unspecified atom stereocenters. The van der Waals surface area contributed by atoms with Crippen LogP contribution in [-0.2, 0) is 14.4 Å². The Hall–Kier alpha value is -2.41. The van der Waals surface area contributed by atoms with Crippen molar-refractivity contribution in [3.8, 4) is 0 Å². The van der Waals surface area contributed by atoms with Gasteiger partial charge in [0.2, 0.25) is 0 Å². The first-order valence-electron chi connectivity index (χ1n) is 8.09. The first-order chi connectivity index (χ1) is 11.5. The predicted octanol–water partition coefficient (Wildman–Crippen LogP) is 0.278. The molecular formula is C17H24N4O3. The van der Waals surface area contributed by atoms with Crippen molar-refractivity contribution in [2.75, 3.05) is 38.6 Å². The van der Waals surface area contributed by atoms with Crippen molar-refractivity contribution in [2.45, 2.75) is 19.4 Å². The molecule has 0 radical (unpaired) electrons. The highest BCUT2D eigenvalue weighted by Crippen LogP contribution is 2.35. The van der Waals surface area contributed by atoms with Gasteiger partial charge in [-0.05, 0) is 26.6 Å². The zero-order valence-electron chi connectivity index (χ0n) is 14.3. The van der Waals surface area contributed by atoms with Crippen molar-refractivity contribution >= 4 is 23.4 Å². The van der Waals surface area contributed by atoms with E-state index < -0.39 is 17.9 Å². The van der Waals surface area contributed by atoms with E-state index in [4.69, 9.17) is 0 Å². The number of hydrogen-bond donors (Lipinski definition) is 2. The molecule has 130 valence electrons. The second-order valence-electron chi connectivity index (χ2n) is 6.01. The van der Waals surface area contributed by atoms with Crippen LogP contribution in [0.2, 0.25) is 0 Å². The molecule has 2 rings (SSSR count). The Bertz CT molecular complexity index is 630. The highest BCUT2D eigenvalue weighted by molar-refractivity contribution is 6.35. The lowest BCUT2D eigenvalue weighted by atomic mass is 10.1. The second-order valence-corrected chi connectivity index (χ2v) is 6.01. The Morgan fingerprint density at radius 2 is 1.92 bits per heavy atom. The van der Waals surface area contributed by atoms with E-state index in [1.54, 1.807) is 11.0 Å². The summed E-state index contributed by atoms with van der Waals surface area (Å²) in [6.45, 7) is 3.57. The van der Waals surface area contributed by atoms with E-state index in [1.807, 2.05) is 44.1 Å². The van der Waals surface area contributed by atoms with Crippen LogP contribution in [0.25, 0.3) is 0 Å². The lowest BCUT2D eigenvalue weighted by Gasteiger charge is -2.17. The van der Waals surface area contributed by atoms with E-state index in [2.05, 4.69) is 10.6 Å². The van der Waals surface area contributed by atoms with Crippen molar-refractivity contribution in [3.63, 3.8) is 0 Å². The summed E-state index contributed by atoms with van der Waals surface area (Å²) in [6.07, 6.45) is 0.811. The summed E-state index contributed by atoms with van der Waals surface area (Å²) in [5, 5.41) is 5.10. The van der Waals surface area contributed by atoms with Gasteiger partial charge in [-0.2, -0.15) is 0 Å². The number of nitrogens with one attached hydrogen (secondary N) is 2. The normalized spacial score (nSPS) is 16.2. The van der Waals surface area contributed by atoms with Crippen LogP contribution >= 0.6 is 0 Å². The molecular weight excluding hydrogens is 308 g/mol. The smallest absolute Gasteiger partial charge is 0.310 e. The van der Waals surface area contributed by atoms with Crippen LogP contribution in [-0.4, -0.2) is 56.4 Å². The number of likely N-dealkylation sites (N-methyl/N-ethyl adjacent to an activating group) is 1. The monoisotopic (exact) mass is 332 g/mol. The van der Waals surface area contributed by atoms with E-state index in [-0.39, 0.29) is 5.91 Å². The Morgan fingerprint density at radius 1 is 1.21 bits per heavy atom. The summed E-state index contributed by atoms with van der Waals surface area (Å²) in [5.41, 5.74) is 1.52. The van der Waals surface area contributed by atoms with E-state index in [9.17, 15) is 14.4 Å². The number of benzene rings is 1. The number of hydrogen-bond acceptors (Lipinski definition) is 4. The molecule has 0 aliphatic carbocycles. The van der Waals surface area contributed by atoms with Crippen LogP contribution in [0.5, 0.6) is 0 Å². The molecule has 0 aromatic heterocycles. The molecule has 1 atom stereocenters. The molecule has 2 N–H and O–H groups in total. The number of amides is 3. The minimum Gasteiger partial charge on any atom is -0.347 e. The maximum Gasteiger partial charge on any atom is 0.310 e. The molecule has 0 saturated heterocycles. The topological polar surface area (TPSA) is 81.8 Å². The molecule has 0 fully saturated rings. The zero-order valence-corrected chi connectivity index (χ0v) is 14.3. The molecule has 1 aromatic carbocycles. The third kappa shape index (κ3) is 3.91. The van der Waals surface area contributed by atoms with Crippen molar-refractivity contribution in [2.24, 2.45) is 0 Å². The van der Waals surface area contributed by atoms with Gasteiger partial charge in [-0.25, -0.2) is 0 Å². The minimum atomic E-state index is -0.806. The average Bonchev–Trinajstić information content (AvgIpc) is 2.80. The van der Waals surface area contributed by atoms with Gasteiger partial charge in [-0.1, -0.05) is 25.1 Å². The number of anilines is 1. The predicted molar refractivity (Wildman–Crippen MR) is 91.5 cm³/mol. The third-order valence-corrected chi connectivity index (χ3v) is 3.82. The van der Waals surface area contributed by atoms with E-state index in [0.717, 1.165) is 17.7 Å². The van der Waals surface area contributed by atoms with Crippen LogP contribution < -0.4 is 15.5 Å². The maximum absolute atomic E-state index is 12.6. The third-order valence-electron chi connectivity index (χ3n) is 3.82. The number of nitrogens with zero attached hydrogens (tertiary/aromatic N) is 2. The van der Waals surface area contributed by atoms with Gasteiger partial charge in [0.15, 0.2) is 0 Å². The van der Waals surface area contributed by atoms with Crippen LogP contribution in [0.4, 0.5) is 5.69 Å². The molecule has 7 heteroatoms. The highest BCUT2D eigenvalue weighted by Gasteiger charge is 2.38. The van der Waals surface area contributed by atoms with Crippen LogP contribution in [0.1, 0.15) is 24.9 Å². The fourth-order valence-corrected chi connectivity index (χ4v) is 2.65. The summed E-state index contributed by atoms with van der Waals surface area (Å²) in [4.78, 5) is 40.1. The number of carbonyl (C=O) groups excluding carboxylic acids is 3. The molecule has 1 aliphatic heterocycles. The maximum atomic E-state index is 12.6. The summed E-state index contributed by atoms with van der Waals surface area (Å²) >= 11 is 0. The van der Waals surface area contributed by atoms with Gasteiger partial charge in [0.25, 0.3) is 5.91 Å². The van der Waals surface area contributed by atoms with E-state index in [0.29, 0.717) is 19.6 Å². The number of para-hydroxylation sites is 1. The Labute approximate surface area is 142 Å². The Morgan fingerprint density at radius 3 is 2.58 bits per heavy atom. The highest BCUT2D eigenvalue weighted by atomic mass is 16.2. The van der Waals surface area contributed by atoms with Crippen molar-refractivity contribution < 1.29 is 14.4 Å². The number of carbonyl (C=O) groups is 3. The van der Waals surface area contributed by atoms with Crippen LogP contribution in [0, 0.1) is 0 Å². The molecule has 0 spiro atoms. The summed E-state index contributed by atoms with van der Waals surface area (Å²) in [5.74, 6) is -1.72. The zero-order chi connectivity index (χ0) is 17.7. The molecule has 7 nitrogen and oxygen atoms in total. The molecule has 1 aromatic rings. The first-order valence-corrected chi connectivity index (χ1v) is 8.09. The summed E-state index contributed by atoms with van der Waals surface area (Å²) in [6, 6.07) is 6.52. The van der Waals surface area contributed by atoms with Gasteiger partial charge in [0.05, 0.1) is 0 Å². The first kappa shape index (κ1) is 17.9. The van der Waals surface area contributed by atoms with Crippen molar-refractivity contribution in [1.82, 2.24) is 15.5 Å². The van der Waals surface area contributed by atoms with Crippen LogP contribution in [0.3, 0.4) is 0 Å². The van der Waals surface area contributed by atoms with Gasteiger partial charge in [0.1, 0.15) is 6.04 Å².